The van der Waals surface area contributed by atoms with Gasteiger partial charge in [0.05, 0.1) is 12.1 Å². The van der Waals surface area contributed by atoms with E-state index in [9.17, 15) is 9.18 Å². The van der Waals surface area contributed by atoms with Crippen LogP contribution in [0.4, 0.5) is 15.0 Å². The van der Waals surface area contributed by atoms with Crippen molar-refractivity contribution in [1.29, 1.82) is 0 Å². The first-order valence-electron chi connectivity index (χ1n) is 8.31. The number of aromatic nitrogens is 2. The fourth-order valence-electron chi connectivity index (χ4n) is 3.62. The molecule has 0 bridgehead atoms. The van der Waals surface area contributed by atoms with Crippen molar-refractivity contribution in [3.05, 3.63) is 53.5 Å². The first kappa shape index (κ1) is 15.6. The number of hydrogen-bond acceptors (Lipinski definition) is 3. The lowest BCUT2D eigenvalue weighted by atomic mass is 10.2. The van der Waals surface area contributed by atoms with Gasteiger partial charge >= 0.3 is 6.03 Å². The molecule has 1 aliphatic carbocycles. The van der Waals surface area contributed by atoms with Gasteiger partial charge in [-0.2, -0.15) is 0 Å². The van der Waals surface area contributed by atoms with Crippen molar-refractivity contribution in [1.82, 2.24) is 15.1 Å². The number of likely N-dealkylation sites (N-methyl/N-ethyl adjacent to an activating group) is 1. The highest BCUT2D eigenvalue weighted by molar-refractivity contribution is 5.94. The molecule has 1 aromatic heterocycles. The molecule has 2 atom stereocenters. The topological polar surface area (TPSA) is 49.3 Å². The molecular weight excluding hydrogens is 319 g/mol. The van der Waals surface area contributed by atoms with Gasteiger partial charge < -0.3 is 4.90 Å². The highest BCUT2D eigenvalue weighted by atomic mass is 19.1. The number of hydrogen-bond donors (Lipinski definition) is 0. The van der Waals surface area contributed by atoms with Crippen LogP contribution in [0, 0.1) is 17.7 Å². The van der Waals surface area contributed by atoms with Gasteiger partial charge in [0.2, 0.25) is 0 Å². The van der Waals surface area contributed by atoms with Crippen LogP contribution in [0.1, 0.15) is 30.5 Å². The van der Waals surface area contributed by atoms with Crippen molar-refractivity contribution in [2.45, 2.75) is 31.3 Å². The van der Waals surface area contributed by atoms with Crippen LogP contribution in [-0.4, -0.2) is 40.3 Å². The molecule has 1 saturated carbocycles. The molecule has 2 amide bonds. The number of benzene rings is 1. The Balaban J connectivity index is 1.56. The molecule has 1 saturated heterocycles. The van der Waals surface area contributed by atoms with Crippen LogP contribution in [0.3, 0.4) is 0 Å². The smallest absolute Gasteiger partial charge is 0.322 e. The summed E-state index contributed by atoms with van der Waals surface area (Å²) in [4.78, 5) is 16.0. The molecule has 6 heteroatoms. The molecular formula is C19H17FN4O. The highest BCUT2D eigenvalue weighted by Crippen LogP contribution is 2.36. The number of anilines is 1. The predicted octanol–water partition coefficient (Wildman–Crippen LogP) is 2.81. The van der Waals surface area contributed by atoms with Crippen molar-refractivity contribution in [2.24, 2.45) is 0 Å². The van der Waals surface area contributed by atoms with E-state index in [4.69, 9.17) is 0 Å². The van der Waals surface area contributed by atoms with Gasteiger partial charge in [0.1, 0.15) is 11.5 Å². The second kappa shape index (κ2) is 6.17. The van der Waals surface area contributed by atoms with Gasteiger partial charge in [0.25, 0.3) is 0 Å². The highest BCUT2D eigenvalue weighted by Gasteiger charge is 2.47. The molecule has 2 fully saturated rings. The lowest BCUT2D eigenvalue weighted by Crippen LogP contribution is -2.34. The number of halogens is 1. The van der Waals surface area contributed by atoms with E-state index in [1.54, 1.807) is 34.1 Å². The predicted molar refractivity (Wildman–Crippen MR) is 91.5 cm³/mol. The number of urea groups is 1. The maximum absolute atomic E-state index is 13.2. The molecule has 0 radical (unpaired) electrons. The summed E-state index contributed by atoms with van der Waals surface area (Å²) in [6.07, 6.45) is 3.14. The molecule has 2 unspecified atom stereocenters. The normalized spacial score (nSPS) is 21.9. The molecule has 126 valence electrons. The molecule has 1 aromatic carbocycles. The van der Waals surface area contributed by atoms with Crippen molar-refractivity contribution in [3.8, 4) is 11.8 Å². The zero-order chi connectivity index (χ0) is 17.4. The largest absolute Gasteiger partial charge is 0.326 e. The molecule has 2 heterocycles. The third-order valence-electron chi connectivity index (χ3n) is 4.84. The lowest BCUT2D eigenvalue weighted by Gasteiger charge is -2.20. The Bertz CT molecular complexity index is 871. The van der Waals surface area contributed by atoms with E-state index in [0.29, 0.717) is 17.1 Å². The Morgan fingerprint density at radius 1 is 1.12 bits per heavy atom. The summed E-state index contributed by atoms with van der Waals surface area (Å²) < 4.78 is 13.2. The number of carbonyl (C=O) groups excluding carboxylic acids is 1. The maximum Gasteiger partial charge on any atom is 0.326 e. The van der Waals surface area contributed by atoms with Crippen molar-refractivity contribution in [2.75, 3.05) is 11.9 Å². The number of fused-ring (bicyclic) bond motifs is 1. The maximum atomic E-state index is 13.2. The lowest BCUT2D eigenvalue weighted by molar-refractivity contribution is 0.218. The van der Waals surface area contributed by atoms with E-state index in [-0.39, 0.29) is 23.9 Å². The SMILES string of the molecule is CN1C(=O)N(c2ccc(C#Cc3cccc(F)c3)nn2)C2CCCC21. The molecule has 2 aliphatic rings. The van der Waals surface area contributed by atoms with Crippen molar-refractivity contribution in [3.63, 3.8) is 0 Å². The van der Waals surface area contributed by atoms with Crippen LogP contribution >= 0.6 is 0 Å². The standard InChI is InChI=1S/C19H17FN4O/c1-23-16-6-3-7-17(16)24(19(23)25)18-11-10-15(21-22-18)9-8-13-4-2-5-14(20)12-13/h2,4-5,10-12,16-17H,3,6-7H2,1H3. The first-order chi connectivity index (χ1) is 12.1. The van der Waals surface area contributed by atoms with Gasteiger partial charge in [-0.3, -0.25) is 4.90 Å². The quantitative estimate of drug-likeness (QED) is 0.753. The average Bonchev–Trinajstić information content (AvgIpc) is 3.17. The summed E-state index contributed by atoms with van der Waals surface area (Å²) >= 11 is 0. The van der Waals surface area contributed by atoms with Gasteiger partial charge in [-0.05, 0) is 55.5 Å². The minimum Gasteiger partial charge on any atom is -0.322 e. The molecule has 25 heavy (non-hydrogen) atoms. The Labute approximate surface area is 145 Å². The van der Waals surface area contributed by atoms with Crippen LogP contribution in [0.5, 0.6) is 0 Å². The second-order valence-electron chi connectivity index (χ2n) is 6.37. The van der Waals surface area contributed by atoms with E-state index in [1.807, 2.05) is 7.05 Å². The molecule has 0 spiro atoms. The van der Waals surface area contributed by atoms with Crippen LogP contribution in [0.25, 0.3) is 0 Å². The Morgan fingerprint density at radius 3 is 2.72 bits per heavy atom. The zero-order valence-corrected chi connectivity index (χ0v) is 13.8. The Hall–Kier alpha value is -2.94. The van der Waals surface area contributed by atoms with E-state index in [0.717, 1.165) is 19.3 Å². The summed E-state index contributed by atoms with van der Waals surface area (Å²) in [5, 5.41) is 8.29. The van der Waals surface area contributed by atoms with Crippen molar-refractivity contribution < 1.29 is 9.18 Å². The van der Waals surface area contributed by atoms with Crippen LogP contribution in [0.15, 0.2) is 36.4 Å². The van der Waals surface area contributed by atoms with Crippen LogP contribution in [0.2, 0.25) is 0 Å². The number of amides is 2. The third-order valence-corrected chi connectivity index (χ3v) is 4.84. The monoisotopic (exact) mass is 336 g/mol. The average molecular weight is 336 g/mol. The Kier molecular flexibility index (Phi) is 3.85. The van der Waals surface area contributed by atoms with E-state index in [2.05, 4.69) is 22.0 Å². The van der Waals surface area contributed by atoms with Gasteiger partial charge in [-0.25, -0.2) is 9.18 Å². The molecule has 0 N–H and O–H groups in total. The van der Waals surface area contributed by atoms with Gasteiger partial charge in [0.15, 0.2) is 5.82 Å². The van der Waals surface area contributed by atoms with E-state index in [1.165, 1.54) is 12.1 Å². The molecule has 2 aromatic rings. The fraction of sp³-hybridized carbons (Fsp3) is 0.316. The number of carbonyl (C=O) groups is 1. The summed E-state index contributed by atoms with van der Waals surface area (Å²) in [6.45, 7) is 0. The van der Waals surface area contributed by atoms with E-state index >= 15 is 0 Å². The fourth-order valence-corrected chi connectivity index (χ4v) is 3.62. The minimum absolute atomic E-state index is 0.0254. The van der Waals surface area contributed by atoms with Gasteiger partial charge in [-0.15, -0.1) is 10.2 Å². The van der Waals surface area contributed by atoms with Crippen LogP contribution in [-0.2, 0) is 0 Å². The molecule has 4 rings (SSSR count). The second-order valence-corrected chi connectivity index (χ2v) is 6.37. The summed E-state index contributed by atoms with van der Waals surface area (Å²) in [7, 11) is 1.84. The first-order valence-corrected chi connectivity index (χ1v) is 8.31. The zero-order valence-electron chi connectivity index (χ0n) is 13.8. The van der Waals surface area contributed by atoms with E-state index < -0.39 is 0 Å². The summed E-state index contributed by atoms with van der Waals surface area (Å²) in [5.41, 5.74) is 1.06. The Morgan fingerprint density at radius 2 is 1.96 bits per heavy atom. The molecule has 5 nitrogen and oxygen atoms in total. The minimum atomic E-state index is -0.323. The van der Waals surface area contributed by atoms with Gasteiger partial charge in [-0.1, -0.05) is 12.0 Å². The molecule has 1 aliphatic heterocycles. The third kappa shape index (κ3) is 2.82. The van der Waals surface area contributed by atoms with Crippen molar-refractivity contribution >= 4 is 11.8 Å². The number of rotatable bonds is 1. The number of nitrogens with zero attached hydrogens (tertiary/aromatic N) is 4. The summed E-state index contributed by atoms with van der Waals surface area (Å²) in [6, 6.07) is 10.0. The summed E-state index contributed by atoms with van der Waals surface area (Å²) in [5.74, 6) is 5.97. The van der Waals surface area contributed by atoms with Gasteiger partial charge in [0, 0.05) is 12.6 Å². The van der Waals surface area contributed by atoms with Crippen LogP contribution < -0.4 is 4.90 Å².